The number of benzene rings is 2. The van der Waals surface area contributed by atoms with E-state index in [9.17, 15) is 9.90 Å². The van der Waals surface area contributed by atoms with E-state index < -0.39 is 6.10 Å². The molecule has 2 aromatic carbocycles. The summed E-state index contributed by atoms with van der Waals surface area (Å²) < 4.78 is 0. The average Bonchev–Trinajstić information content (AvgIpc) is 2.37. The van der Waals surface area contributed by atoms with Crippen LogP contribution in [0.3, 0.4) is 0 Å². The fourth-order valence-corrected chi connectivity index (χ4v) is 2.80. The van der Waals surface area contributed by atoms with Gasteiger partial charge >= 0.3 is 0 Å². The summed E-state index contributed by atoms with van der Waals surface area (Å²) in [6.07, 6.45) is -1.04. The fraction of sp³-hybridized carbons (Fsp3) is 0.133. The summed E-state index contributed by atoms with van der Waals surface area (Å²) in [5.41, 5.74) is 21.0. The third kappa shape index (κ3) is 1.50. The van der Waals surface area contributed by atoms with Gasteiger partial charge in [-0.3, -0.25) is 4.79 Å². The molecule has 3 rings (SSSR count). The van der Waals surface area contributed by atoms with Crippen LogP contribution >= 0.6 is 0 Å². The predicted octanol–water partition coefficient (Wildman–Crippen LogP) is 1.37. The van der Waals surface area contributed by atoms with Gasteiger partial charge in [-0.2, -0.15) is 0 Å². The highest BCUT2D eigenvalue weighted by Gasteiger charge is 2.34. The van der Waals surface area contributed by atoms with Crippen molar-refractivity contribution in [1.82, 2.24) is 0 Å². The number of aliphatic hydroxyl groups excluding tert-OH is 1. The third-order valence-electron chi connectivity index (χ3n) is 3.69. The summed E-state index contributed by atoms with van der Waals surface area (Å²) in [4.78, 5) is 12.6. The van der Waals surface area contributed by atoms with E-state index in [2.05, 4.69) is 0 Å². The van der Waals surface area contributed by atoms with Gasteiger partial charge in [0.2, 0.25) is 0 Å². The zero-order valence-corrected chi connectivity index (χ0v) is 11.0. The number of anilines is 3. The maximum absolute atomic E-state index is 12.6. The van der Waals surface area contributed by atoms with Gasteiger partial charge in [0.1, 0.15) is 6.10 Å². The van der Waals surface area contributed by atoms with Crippen molar-refractivity contribution in [2.45, 2.75) is 13.0 Å². The Balaban J connectivity index is 2.39. The summed E-state index contributed by atoms with van der Waals surface area (Å²) in [5.74, 6) is -0.250. The van der Waals surface area contributed by atoms with Crippen LogP contribution < -0.4 is 17.2 Å². The molecule has 7 N–H and O–H groups in total. The zero-order chi connectivity index (χ0) is 14.6. The topological polar surface area (TPSA) is 115 Å². The number of hydrogen-bond donors (Lipinski definition) is 4. The third-order valence-corrected chi connectivity index (χ3v) is 3.69. The number of fused-ring (bicyclic) bond motifs is 2. The number of carbonyl (C=O) groups excluding carboxylic acids is 1. The molecule has 0 heterocycles. The number of rotatable bonds is 0. The lowest BCUT2D eigenvalue weighted by molar-refractivity contribution is 0.102. The van der Waals surface area contributed by atoms with E-state index in [4.69, 9.17) is 17.2 Å². The van der Waals surface area contributed by atoms with E-state index in [1.165, 1.54) is 0 Å². The molecule has 20 heavy (non-hydrogen) atoms. The summed E-state index contributed by atoms with van der Waals surface area (Å²) in [6, 6.07) is 6.59. The predicted molar refractivity (Wildman–Crippen MR) is 78.4 cm³/mol. The molecule has 0 fully saturated rings. The first kappa shape index (κ1) is 12.5. The largest absolute Gasteiger partial charge is 0.398 e. The van der Waals surface area contributed by atoms with Crippen molar-refractivity contribution in [2.24, 2.45) is 0 Å². The summed E-state index contributed by atoms with van der Waals surface area (Å²) >= 11 is 0. The first-order chi connectivity index (χ1) is 9.41. The molecule has 0 bridgehead atoms. The second-order valence-corrected chi connectivity index (χ2v) is 5.08. The minimum Gasteiger partial charge on any atom is -0.398 e. The number of nitrogens with two attached hydrogens (primary N) is 3. The molecule has 0 spiro atoms. The quantitative estimate of drug-likeness (QED) is 0.539. The lowest BCUT2D eigenvalue weighted by atomic mass is 9.80. The highest BCUT2D eigenvalue weighted by Crippen LogP contribution is 2.42. The normalized spacial score (nSPS) is 16.7. The molecule has 0 saturated heterocycles. The second-order valence-electron chi connectivity index (χ2n) is 5.08. The molecule has 5 nitrogen and oxygen atoms in total. The molecule has 5 heteroatoms. The number of aryl methyl sites for hydroxylation is 1. The van der Waals surface area contributed by atoms with Crippen LogP contribution in [0.1, 0.15) is 38.7 Å². The van der Waals surface area contributed by atoms with E-state index in [-0.39, 0.29) is 11.3 Å². The van der Waals surface area contributed by atoms with Gasteiger partial charge < -0.3 is 22.3 Å². The number of aliphatic hydroxyl groups is 1. The highest BCUT2D eigenvalue weighted by atomic mass is 16.3. The smallest absolute Gasteiger partial charge is 0.196 e. The average molecular weight is 269 g/mol. The molecule has 1 unspecified atom stereocenters. The molecule has 102 valence electrons. The Labute approximate surface area is 116 Å². The van der Waals surface area contributed by atoms with Gasteiger partial charge in [0.25, 0.3) is 0 Å². The zero-order valence-electron chi connectivity index (χ0n) is 11.0. The molecule has 1 aliphatic rings. The van der Waals surface area contributed by atoms with E-state index in [1.54, 1.807) is 24.3 Å². The summed E-state index contributed by atoms with van der Waals surface area (Å²) in [6.45, 7) is 1.84. The molecular weight excluding hydrogens is 254 g/mol. The van der Waals surface area contributed by atoms with Crippen LogP contribution in [0.15, 0.2) is 24.3 Å². The summed E-state index contributed by atoms with van der Waals surface area (Å²) in [5, 5.41) is 10.5. The van der Waals surface area contributed by atoms with Gasteiger partial charge in [0, 0.05) is 33.8 Å². The van der Waals surface area contributed by atoms with Crippen LogP contribution in [-0.4, -0.2) is 10.9 Å². The Bertz CT molecular complexity index is 753. The van der Waals surface area contributed by atoms with Gasteiger partial charge in [0.05, 0.1) is 5.56 Å². The van der Waals surface area contributed by atoms with Gasteiger partial charge in [-0.05, 0) is 36.8 Å². The molecule has 0 saturated carbocycles. The van der Waals surface area contributed by atoms with Crippen molar-refractivity contribution in [3.05, 3.63) is 52.1 Å². The first-order valence-electron chi connectivity index (χ1n) is 6.22. The van der Waals surface area contributed by atoms with Gasteiger partial charge in [-0.15, -0.1) is 0 Å². The van der Waals surface area contributed by atoms with Gasteiger partial charge in [-0.1, -0.05) is 0 Å². The number of hydrogen-bond acceptors (Lipinski definition) is 5. The van der Waals surface area contributed by atoms with Crippen LogP contribution in [0.2, 0.25) is 0 Å². The molecular formula is C15H15N3O2. The molecule has 0 aromatic heterocycles. The van der Waals surface area contributed by atoms with Gasteiger partial charge in [0.15, 0.2) is 5.78 Å². The van der Waals surface area contributed by atoms with E-state index in [0.717, 1.165) is 5.56 Å². The van der Waals surface area contributed by atoms with Crippen LogP contribution in [0.4, 0.5) is 17.1 Å². The monoisotopic (exact) mass is 269 g/mol. The maximum atomic E-state index is 12.6. The maximum Gasteiger partial charge on any atom is 0.196 e. The molecule has 2 aromatic rings. The van der Waals surface area contributed by atoms with Crippen molar-refractivity contribution in [1.29, 1.82) is 0 Å². The Morgan fingerprint density at radius 2 is 1.65 bits per heavy atom. The van der Waals surface area contributed by atoms with Crippen molar-refractivity contribution in [3.8, 4) is 0 Å². The molecule has 0 aliphatic heterocycles. The van der Waals surface area contributed by atoms with E-state index in [1.807, 2.05) is 6.92 Å². The van der Waals surface area contributed by atoms with Crippen molar-refractivity contribution < 1.29 is 9.90 Å². The van der Waals surface area contributed by atoms with Crippen molar-refractivity contribution >= 4 is 22.8 Å². The lowest BCUT2D eigenvalue weighted by Gasteiger charge is -2.27. The Hall–Kier alpha value is -2.53. The number of nitrogen functional groups attached to an aromatic ring is 3. The Kier molecular flexibility index (Phi) is 2.49. The first-order valence-corrected chi connectivity index (χ1v) is 6.22. The minimum absolute atomic E-state index is 0.250. The van der Waals surface area contributed by atoms with Crippen LogP contribution in [0, 0.1) is 6.92 Å². The number of carbonyl (C=O) groups is 1. The Morgan fingerprint density at radius 3 is 2.35 bits per heavy atom. The van der Waals surface area contributed by atoms with Crippen LogP contribution in [0.25, 0.3) is 0 Å². The van der Waals surface area contributed by atoms with Crippen LogP contribution in [0.5, 0.6) is 0 Å². The van der Waals surface area contributed by atoms with E-state index >= 15 is 0 Å². The molecule has 1 atom stereocenters. The van der Waals surface area contributed by atoms with Crippen molar-refractivity contribution in [2.75, 3.05) is 17.2 Å². The SMILES string of the molecule is Cc1cc(N)c2c(c1)C(=O)c1c(N)ccc(N)c1C2O. The molecule has 0 amide bonds. The fourth-order valence-electron chi connectivity index (χ4n) is 2.80. The Morgan fingerprint density at radius 1 is 1.00 bits per heavy atom. The summed E-state index contributed by atoms with van der Waals surface area (Å²) in [7, 11) is 0. The van der Waals surface area contributed by atoms with Gasteiger partial charge in [-0.25, -0.2) is 0 Å². The second kappa shape index (κ2) is 3.98. The van der Waals surface area contributed by atoms with Crippen molar-refractivity contribution in [3.63, 3.8) is 0 Å². The minimum atomic E-state index is -1.04. The van der Waals surface area contributed by atoms with Crippen LogP contribution in [-0.2, 0) is 0 Å². The lowest BCUT2D eigenvalue weighted by Crippen LogP contribution is -2.23. The standard InChI is InChI=1S/C15H15N3O2/c1-6-4-7-11(10(18)5-6)15(20)13-9(17)3-2-8(16)12(13)14(7)19/h2-5,15,20H,16-18H2,1H3. The highest BCUT2D eigenvalue weighted by molar-refractivity contribution is 6.17. The number of ketones is 1. The molecule has 0 radical (unpaired) electrons. The van der Waals surface area contributed by atoms with E-state index in [0.29, 0.717) is 33.8 Å². The molecule has 1 aliphatic carbocycles.